The van der Waals surface area contributed by atoms with Crippen LogP contribution in [0.4, 0.5) is 0 Å². The van der Waals surface area contributed by atoms with Crippen LogP contribution in [0, 0.1) is 6.92 Å². The number of aromatic nitrogens is 2. The van der Waals surface area contributed by atoms with Gasteiger partial charge in [-0.3, -0.25) is 0 Å². The molecule has 0 saturated carbocycles. The summed E-state index contributed by atoms with van der Waals surface area (Å²) < 4.78 is 8.02. The van der Waals surface area contributed by atoms with Crippen LogP contribution in [-0.4, -0.2) is 27.3 Å². The third-order valence-electron chi connectivity index (χ3n) is 2.79. The van der Waals surface area contributed by atoms with E-state index in [0.717, 1.165) is 18.9 Å². The summed E-state index contributed by atoms with van der Waals surface area (Å²) in [5, 5.41) is 3.50. The van der Waals surface area contributed by atoms with E-state index in [1.807, 2.05) is 13.1 Å². The van der Waals surface area contributed by atoms with E-state index in [-0.39, 0.29) is 11.1 Å². The Kier molecular flexibility index (Phi) is 5.16. The van der Waals surface area contributed by atoms with E-state index in [9.17, 15) is 0 Å². The highest BCUT2D eigenvalue weighted by Gasteiger charge is 2.13. The Labute approximate surface area is 117 Å². The van der Waals surface area contributed by atoms with Crippen molar-refractivity contribution in [2.24, 2.45) is 0 Å². The SMILES string of the molecule is Cc1ncc(CNC(C)(C)C)n1CCOC(C)(C)C. The van der Waals surface area contributed by atoms with Crippen LogP contribution in [0.3, 0.4) is 0 Å². The van der Waals surface area contributed by atoms with Crippen molar-refractivity contribution in [1.29, 1.82) is 0 Å². The van der Waals surface area contributed by atoms with Crippen molar-refractivity contribution in [3.05, 3.63) is 17.7 Å². The standard InChI is InChI=1S/C15H29N3O/c1-12-16-10-13(11-17-14(2,3)4)18(12)8-9-19-15(5,6)7/h10,17H,8-9,11H2,1-7H3. The second-order valence-corrected chi connectivity index (χ2v) is 7.01. The normalized spacial score (nSPS) is 13.0. The van der Waals surface area contributed by atoms with Crippen LogP contribution in [0.2, 0.25) is 0 Å². The zero-order valence-corrected chi connectivity index (χ0v) is 13.5. The summed E-state index contributed by atoms with van der Waals surface area (Å²) in [6.45, 7) is 17.2. The first kappa shape index (κ1) is 16.2. The Morgan fingerprint density at radius 3 is 2.37 bits per heavy atom. The van der Waals surface area contributed by atoms with Gasteiger partial charge in [0.2, 0.25) is 0 Å². The average Bonchev–Trinajstić information content (AvgIpc) is 2.55. The van der Waals surface area contributed by atoms with Crippen molar-refractivity contribution in [1.82, 2.24) is 14.9 Å². The maximum absolute atomic E-state index is 5.79. The number of hydrogen-bond acceptors (Lipinski definition) is 3. The van der Waals surface area contributed by atoms with Gasteiger partial charge in [-0.1, -0.05) is 0 Å². The molecule has 0 bridgehead atoms. The van der Waals surface area contributed by atoms with E-state index in [4.69, 9.17) is 4.74 Å². The second-order valence-electron chi connectivity index (χ2n) is 7.01. The second kappa shape index (κ2) is 6.06. The molecule has 1 aromatic rings. The Bertz CT molecular complexity index is 397. The van der Waals surface area contributed by atoms with Crippen molar-refractivity contribution in [3.8, 4) is 0 Å². The van der Waals surface area contributed by atoms with E-state index >= 15 is 0 Å². The van der Waals surface area contributed by atoms with Crippen molar-refractivity contribution < 1.29 is 4.74 Å². The summed E-state index contributed by atoms with van der Waals surface area (Å²) in [6, 6.07) is 0. The van der Waals surface area contributed by atoms with Gasteiger partial charge >= 0.3 is 0 Å². The summed E-state index contributed by atoms with van der Waals surface area (Å²) >= 11 is 0. The zero-order chi connectivity index (χ0) is 14.7. The van der Waals surface area contributed by atoms with Gasteiger partial charge in [-0.25, -0.2) is 4.98 Å². The number of hydrogen-bond donors (Lipinski definition) is 1. The largest absolute Gasteiger partial charge is 0.374 e. The molecular weight excluding hydrogens is 238 g/mol. The van der Waals surface area contributed by atoms with Gasteiger partial charge in [0.1, 0.15) is 5.82 Å². The highest BCUT2D eigenvalue weighted by atomic mass is 16.5. The molecule has 0 spiro atoms. The van der Waals surface area contributed by atoms with Crippen molar-refractivity contribution >= 4 is 0 Å². The van der Waals surface area contributed by atoms with Gasteiger partial charge in [-0.05, 0) is 48.5 Å². The summed E-state index contributed by atoms with van der Waals surface area (Å²) in [6.07, 6.45) is 1.95. The minimum absolute atomic E-state index is 0.0850. The van der Waals surface area contributed by atoms with Gasteiger partial charge in [-0.2, -0.15) is 0 Å². The van der Waals surface area contributed by atoms with Crippen LogP contribution < -0.4 is 5.32 Å². The number of imidazole rings is 1. The molecule has 0 unspecified atom stereocenters. The van der Waals surface area contributed by atoms with Crippen LogP contribution in [0.5, 0.6) is 0 Å². The fraction of sp³-hybridized carbons (Fsp3) is 0.800. The molecule has 0 amide bonds. The minimum atomic E-state index is -0.0850. The van der Waals surface area contributed by atoms with E-state index in [2.05, 4.69) is 56.4 Å². The first-order valence-electron chi connectivity index (χ1n) is 6.98. The monoisotopic (exact) mass is 267 g/mol. The molecule has 0 aromatic carbocycles. The van der Waals surface area contributed by atoms with E-state index < -0.39 is 0 Å². The Hall–Kier alpha value is -0.870. The molecule has 0 saturated heterocycles. The smallest absolute Gasteiger partial charge is 0.105 e. The average molecular weight is 267 g/mol. The molecular formula is C15H29N3O. The minimum Gasteiger partial charge on any atom is -0.374 e. The molecule has 1 rings (SSSR count). The maximum Gasteiger partial charge on any atom is 0.105 e. The van der Waals surface area contributed by atoms with Crippen molar-refractivity contribution in [3.63, 3.8) is 0 Å². The van der Waals surface area contributed by atoms with Crippen LogP contribution in [0.15, 0.2) is 6.20 Å². The lowest BCUT2D eigenvalue weighted by Crippen LogP contribution is -2.35. The van der Waals surface area contributed by atoms with Gasteiger partial charge < -0.3 is 14.6 Å². The zero-order valence-electron chi connectivity index (χ0n) is 13.5. The van der Waals surface area contributed by atoms with Gasteiger partial charge in [0.25, 0.3) is 0 Å². The predicted molar refractivity (Wildman–Crippen MR) is 79.3 cm³/mol. The Morgan fingerprint density at radius 1 is 1.21 bits per heavy atom. The maximum atomic E-state index is 5.79. The molecule has 4 nitrogen and oxygen atoms in total. The highest BCUT2D eigenvalue weighted by Crippen LogP contribution is 2.10. The van der Waals surface area contributed by atoms with Crippen LogP contribution in [0.25, 0.3) is 0 Å². The summed E-state index contributed by atoms with van der Waals surface area (Å²) in [7, 11) is 0. The Morgan fingerprint density at radius 2 is 1.84 bits per heavy atom. The molecule has 0 fully saturated rings. The predicted octanol–water partition coefficient (Wildman–Crippen LogP) is 2.89. The van der Waals surface area contributed by atoms with E-state index in [1.54, 1.807) is 0 Å². The lowest BCUT2D eigenvalue weighted by molar-refractivity contribution is -0.00726. The van der Waals surface area contributed by atoms with Crippen LogP contribution in [0.1, 0.15) is 53.1 Å². The molecule has 110 valence electrons. The fourth-order valence-electron chi connectivity index (χ4n) is 1.76. The quantitative estimate of drug-likeness (QED) is 0.891. The molecule has 0 radical (unpaired) electrons. The molecule has 0 aliphatic heterocycles. The third kappa shape index (κ3) is 6.21. The number of rotatable bonds is 5. The summed E-state index contributed by atoms with van der Waals surface area (Å²) in [4.78, 5) is 4.40. The molecule has 0 atom stereocenters. The number of nitrogens with one attached hydrogen (secondary N) is 1. The van der Waals surface area contributed by atoms with Gasteiger partial charge in [-0.15, -0.1) is 0 Å². The molecule has 19 heavy (non-hydrogen) atoms. The third-order valence-corrected chi connectivity index (χ3v) is 2.79. The molecule has 0 aliphatic rings. The lowest BCUT2D eigenvalue weighted by Gasteiger charge is -2.22. The molecule has 1 aromatic heterocycles. The Balaban J connectivity index is 2.60. The highest BCUT2D eigenvalue weighted by molar-refractivity contribution is 5.04. The van der Waals surface area contributed by atoms with Crippen LogP contribution in [-0.2, 0) is 17.8 Å². The van der Waals surface area contributed by atoms with Crippen molar-refractivity contribution in [2.75, 3.05) is 6.61 Å². The fourth-order valence-corrected chi connectivity index (χ4v) is 1.76. The number of aryl methyl sites for hydroxylation is 1. The van der Waals surface area contributed by atoms with Crippen LogP contribution >= 0.6 is 0 Å². The molecule has 0 aliphatic carbocycles. The van der Waals surface area contributed by atoms with Gasteiger partial charge in [0.05, 0.1) is 17.9 Å². The number of nitrogens with zero attached hydrogens (tertiary/aromatic N) is 2. The van der Waals surface area contributed by atoms with E-state index in [0.29, 0.717) is 6.61 Å². The molecule has 1 heterocycles. The lowest BCUT2D eigenvalue weighted by atomic mass is 10.1. The van der Waals surface area contributed by atoms with E-state index in [1.165, 1.54) is 5.69 Å². The first-order chi connectivity index (χ1) is 8.58. The molecule has 4 heteroatoms. The molecule has 1 N–H and O–H groups in total. The summed E-state index contributed by atoms with van der Waals surface area (Å²) in [5.74, 6) is 1.04. The van der Waals surface area contributed by atoms with Gasteiger partial charge in [0, 0.05) is 24.8 Å². The summed E-state index contributed by atoms with van der Waals surface area (Å²) in [5.41, 5.74) is 1.24. The van der Waals surface area contributed by atoms with Crippen molar-refractivity contribution in [2.45, 2.75) is 72.7 Å². The van der Waals surface area contributed by atoms with Gasteiger partial charge in [0.15, 0.2) is 0 Å². The topological polar surface area (TPSA) is 39.1 Å². The first-order valence-corrected chi connectivity index (χ1v) is 6.98. The number of ether oxygens (including phenoxy) is 1.